The Morgan fingerprint density at radius 2 is 2.12 bits per heavy atom. The standard InChI is InChI=1S/C12H23N3OS/c1-7(2)9-5-6-17-12(14-9)15-10(8(3)4)11(13)16/h7-10H,5-6H2,1-4H3,(H2,13,16)(H,14,15). The minimum atomic E-state index is -0.327. The van der Waals surface area contributed by atoms with Crippen LogP contribution in [0.1, 0.15) is 34.1 Å². The summed E-state index contributed by atoms with van der Waals surface area (Å²) in [5.74, 6) is 1.46. The van der Waals surface area contributed by atoms with Crippen LogP contribution in [0.2, 0.25) is 0 Å². The topological polar surface area (TPSA) is 67.5 Å². The van der Waals surface area contributed by atoms with Gasteiger partial charge in [0.2, 0.25) is 5.91 Å². The van der Waals surface area contributed by atoms with Crippen LogP contribution in [0, 0.1) is 11.8 Å². The van der Waals surface area contributed by atoms with Crippen LogP contribution in [0.3, 0.4) is 0 Å². The van der Waals surface area contributed by atoms with Gasteiger partial charge in [-0.2, -0.15) is 0 Å². The van der Waals surface area contributed by atoms with Crippen molar-refractivity contribution in [2.24, 2.45) is 22.6 Å². The quantitative estimate of drug-likeness (QED) is 0.804. The predicted octanol–water partition coefficient (Wildman–Crippen LogP) is 1.60. The van der Waals surface area contributed by atoms with Crippen LogP contribution in [0.5, 0.6) is 0 Å². The summed E-state index contributed by atoms with van der Waals surface area (Å²) < 4.78 is 0. The van der Waals surface area contributed by atoms with Crippen molar-refractivity contribution in [3.05, 3.63) is 0 Å². The second-order valence-corrected chi connectivity index (χ2v) is 6.23. The molecule has 5 heteroatoms. The van der Waals surface area contributed by atoms with Crippen molar-refractivity contribution in [3.63, 3.8) is 0 Å². The maximum Gasteiger partial charge on any atom is 0.240 e. The summed E-state index contributed by atoms with van der Waals surface area (Å²) in [6.07, 6.45) is 1.11. The normalized spacial score (nSPS) is 22.5. The van der Waals surface area contributed by atoms with E-state index >= 15 is 0 Å². The Bertz CT molecular complexity index is 302. The summed E-state index contributed by atoms with van der Waals surface area (Å²) in [5, 5.41) is 4.05. The van der Waals surface area contributed by atoms with E-state index in [-0.39, 0.29) is 17.9 Å². The second kappa shape index (κ2) is 6.28. The van der Waals surface area contributed by atoms with Crippen LogP contribution in [-0.2, 0) is 4.79 Å². The highest BCUT2D eigenvalue weighted by Gasteiger charge is 2.24. The van der Waals surface area contributed by atoms with Gasteiger partial charge in [-0.05, 0) is 18.3 Å². The van der Waals surface area contributed by atoms with Gasteiger partial charge in [-0.25, -0.2) is 0 Å². The lowest BCUT2D eigenvalue weighted by Gasteiger charge is -2.26. The van der Waals surface area contributed by atoms with Gasteiger partial charge in [0, 0.05) is 5.75 Å². The van der Waals surface area contributed by atoms with E-state index in [1.165, 1.54) is 0 Å². The van der Waals surface area contributed by atoms with Crippen molar-refractivity contribution in [1.29, 1.82) is 0 Å². The number of rotatable bonds is 4. The lowest BCUT2D eigenvalue weighted by Crippen LogP contribution is -2.47. The molecule has 1 aliphatic rings. The predicted molar refractivity (Wildman–Crippen MR) is 74.1 cm³/mol. The van der Waals surface area contributed by atoms with Crippen molar-refractivity contribution >= 4 is 22.8 Å². The summed E-state index contributed by atoms with van der Waals surface area (Å²) in [6, 6.07) is 0.0339. The summed E-state index contributed by atoms with van der Waals surface area (Å²) in [4.78, 5) is 16.0. The fourth-order valence-electron chi connectivity index (χ4n) is 1.79. The van der Waals surface area contributed by atoms with Crippen LogP contribution in [-0.4, -0.2) is 28.9 Å². The summed E-state index contributed by atoms with van der Waals surface area (Å²) in [5.41, 5.74) is 5.38. The van der Waals surface area contributed by atoms with E-state index < -0.39 is 0 Å². The number of nitrogens with one attached hydrogen (secondary N) is 1. The minimum absolute atomic E-state index is 0.176. The first-order chi connectivity index (χ1) is 7.91. The Hall–Kier alpha value is -0.710. The van der Waals surface area contributed by atoms with Gasteiger partial charge in [-0.1, -0.05) is 39.5 Å². The highest BCUT2D eigenvalue weighted by atomic mass is 32.2. The van der Waals surface area contributed by atoms with E-state index in [4.69, 9.17) is 5.73 Å². The van der Waals surface area contributed by atoms with Crippen LogP contribution >= 0.6 is 11.8 Å². The number of hydrogen-bond acceptors (Lipinski definition) is 4. The van der Waals surface area contributed by atoms with Gasteiger partial charge < -0.3 is 11.1 Å². The van der Waals surface area contributed by atoms with E-state index in [9.17, 15) is 4.79 Å². The molecule has 0 aliphatic carbocycles. The van der Waals surface area contributed by atoms with Gasteiger partial charge in [0.05, 0.1) is 6.04 Å². The van der Waals surface area contributed by atoms with Crippen LogP contribution in [0.15, 0.2) is 4.99 Å². The summed E-state index contributed by atoms with van der Waals surface area (Å²) in [7, 11) is 0. The number of primary amides is 1. The van der Waals surface area contributed by atoms with E-state index in [0.717, 1.165) is 17.3 Å². The number of carbonyl (C=O) groups excluding carboxylic acids is 1. The molecular weight excluding hydrogens is 234 g/mol. The number of amides is 1. The van der Waals surface area contributed by atoms with Crippen molar-refractivity contribution in [1.82, 2.24) is 5.32 Å². The lowest BCUT2D eigenvalue weighted by atomic mass is 10.0. The SMILES string of the molecule is CC(C)C1CCSC(NC(C(N)=O)C(C)C)=N1. The maximum absolute atomic E-state index is 11.3. The third-order valence-corrected chi connectivity index (χ3v) is 3.89. The molecule has 17 heavy (non-hydrogen) atoms. The lowest BCUT2D eigenvalue weighted by molar-refractivity contribution is -0.120. The molecule has 1 amide bonds. The first kappa shape index (κ1) is 14.4. The number of thioether (sulfide) groups is 1. The van der Waals surface area contributed by atoms with Crippen LogP contribution in [0.25, 0.3) is 0 Å². The summed E-state index contributed by atoms with van der Waals surface area (Å²) in [6.45, 7) is 8.32. The van der Waals surface area contributed by atoms with Crippen LogP contribution in [0.4, 0.5) is 0 Å². The minimum Gasteiger partial charge on any atom is -0.368 e. The van der Waals surface area contributed by atoms with Crippen molar-refractivity contribution in [2.75, 3.05) is 5.75 Å². The number of nitrogens with two attached hydrogens (primary N) is 1. The third-order valence-electron chi connectivity index (χ3n) is 2.96. The Labute approximate surface area is 108 Å². The number of aliphatic imine (C=N–C) groups is 1. The maximum atomic E-state index is 11.3. The Balaban J connectivity index is 2.69. The van der Waals surface area contributed by atoms with Crippen molar-refractivity contribution < 1.29 is 4.79 Å². The molecule has 0 aromatic carbocycles. The van der Waals surface area contributed by atoms with Gasteiger partial charge in [-0.3, -0.25) is 9.79 Å². The largest absolute Gasteiger partial charge is 0.368 e. The zero-order valence-electron chi connectivity index (χ0n) is 11.1. The number of carbonyl (C=O) groups is 1. The molecule has 2 atom stereocenters. The Morgan fingerprint density at radius 3 is 2.59 bits per heavy atom. The monoisotopic (exact) mass is 257 g/mol. The first-order valence-electron chi connectivity index (χ1n) is 6.18. The zero-order chi connectivity index (χ0) is 13.0. The molecule has 0 spiro atoms. The molecule has 2 unspecified atom stereocenters. The number of amidine groups is 1. The molecular formula is C12H23N3OS. The molecule has 0 aromatic heterocycles. The molecule has 98 valence electrons. The van der Waals surface area contributed by atoms with Gasteiger partial charge >= 0.3 is 0 Å². The smallest absolute Gasteiger partial charge is 0.240 e. The van der Waals surface area contributed by atoms with Gasteiger partial charge in [0.15, 0.2) is 5.17 Å². The molecule has 0 aromatic rings. The molecule has 0 bridgehead atoms. The highest BCUT2D eigenvalue weighted by molar-refractivity contribution is 8.13. The summed E-state index contributed by atoms with van der Waals surface area (Å²) >= 11 is 1.68. The van der Waals surface area contributed by atoms with Crippen LogP contribution < -0.4 is 11.1 Å². The van der Waals surface area contributed by atoms with Gasteiger partial charge in [-0.15, -0.1) is 0 Å². The number of nitrogens with zero attached hydrogens (tertiary/aromatic N) is 1. The Kier molecular flexibility index (Phi) is 5.31. The molecule has 3 N–H and O–H groups in total. The van der Waals surface area contributed by atoms with E-state index in [2.05, 4.69) is 24.2 Å². The molecule has 1 rings (SSSR count). The van der Waals surface area contributed by atoms with Crippen molar-refractivity contribution in [2.45, 2.75) is 46.2 Å². The Morgan fingerprint density at radius 1 is 1.47 bits per heavy atom. The van der Waals surface area contributed by atoms with E-state index in [1.54, 1.807) is 11.8 Å². The molecule has 0 saturated heterocycles. The fourth-order valence-corrected chi connectivity index (χ4v) is 2.76. The molecule has 4 nitrogen and oxygen atoms in total. The van der Waals surface area contributed by atoms with Gasteiger partial charge in [0.25, 0.3) is 0 Å². The fraction of sp³-hybridized carbons (Fsp3) is 0.833. The highest BCUT2D eigenvalue weighted by Crippen LogP contribution is 2.22. The van der Waals surface area contributed by atoms with E-state index in [0.29, 0.717) is 12.0 Å². The third kappa shape index (κ3) is 4.22. The number of hydrogen-bond donors (Lipinski definition) is 2. The van der Waals surface area contributed by atoms with E-state index in [1.807, 2.05) is 13.8 Å². The molecule has 0 saturated carbocycles. The second-order valence-electron chi connectivity index (χ2n) is 5.15. The molecule has 0 fully saturated rings. The molecule has 0 radical (unpaired) electrons. The van der Waals surface area contributed by atoms with Gasteiger partial charge in [0.1, 0.15) is 6.04 Å². The molecule has 1 aliphatic heterocycles. The average Bonchev–Trinajstić information content (AvgIpc) is 2.25. The zero-order valence-corrected chi connectivity index (χ0v) is 11.9. The average molecular weight is 257 g/mol. The molecule has 1 heterocycles. The first-order valence-corrected chi connectivity index (χ1v) is 7.16. The van der Waals surface area contributed by atoms with Crippen molar-refractivity contribution in [3.8, 4) is 0 Å².